The van der Waals surface area contributed by atoms with Crippen LogP contribution in [-0.2, 0) is 0 Å². The SMILES string of the molecule is COc1cc(OC)c2c(c1)[nH]c1c(C)c3ccncc3c(C)c12. The van der Waals surface area contributed by atoms with E-state index in [1.165, 1.54) is 27.3 Å². The number of benzene rings is 2. The minimum Gasteiger partial charge on any atom is -0.497 e. The summed E-state index contributed by atoms with van der Waals surface area (Å²) in [6.45, 7) is 4.28. The lowest BCUT2D eigenvalue weighted by Crippen LogP contribution is -1.89. The molecule has 4 aromatic rings. The number of hydrogen-bond donors (Lipinski definition) is 1. The molecule has 0 radical (unpaired) electrons. The number of ether oxygens (including phenoxy) is 2. The minimum atomic E-state index is 0.780. The summed E-state index contributed by atoms with van der Waals surface area (Å²) in [6, 6.07) is 6.01. The van der Waals surface area contributed by atoms with Crippen molar-refractivity contribution in [3.63, 3.8) is 0 Å². The number of aromatic nitrogens is 2. The van der Waals surface area contributed by atoms with Crippen LogP contribution in [0.4, 0.5) is 0 Å². The monoisotopic (exact) mass is 306 g/mol. The van der Waals surface area contributed by atoms with Gasteiger partial charge < -0.3 is 14.5 Å². The Morgan fingerprint density at radius 1 is 0.957 bits per heavy atom. The molecule has 4 heteroatoms. The second-order valence-corrected chi connectivity index (χ2v) is 5.80. The number of methoxy groups -OCH3 is 2. The molecule has 0 aliphatic rings. The maximum atomic E-state index is 5.63. The van der Waals surface area contributed by atoms with Crippen LogP contribution in [0, 0.1) is 13.8 Å². The first-order valence-electron chi connectivity index (χ1n) is 7.56. The number of H-pyrrole nitrogens is 1. The van der Waals surface area contributed by atoms with E-state index in [0.717, 1.165) is 27.9 Å². The van der Waals surface area contributed by atoms with E-state index < -0.39 is 0 Å². The van der Waals surface area contributed by atoms with Crippen molar-refractivity contribution in [2.75, 3.05) is 14.2 Å². The van der Waals surface area contributed by atoms with Gasteiger partial charge in [0.05, 0.1) is 25.3 Å². The van der Waals surface area contributed by atoms with Gasteiger partial charge in [-0.25, -0.2) is 0 Å². The highest BCUT2D eigenvalue weighted by atomic mass is 16.5. The standard InChI is InChI=1S/C19H18N2O2/c1-10-14-9-20-6-5-13(14)11(2)19-17(10)18-15(21-19)7-12(22-3)8-16(18)23-4/h5-9,21H,1-4H3. The highest BCUT2D eigenvalue weighted by Crippen LogP contribution is 2.41. The third kappa shape index (κ3) is 1.81. The molecule has 0 amide bonds. The van der Waals surface area contributed by atoms with E-state index in [9.17, 15) is 0 Å². The molecular formula is C19H18N2O2. The van der Waals surface area contributed by atoms with E-state index >= 15 is 0 Å². The molecule has 0 atom stereocenters. The molecule has 0 saturated heterocycles. The maximum Gasteiger partial charge on any atom is 0.132 e. The van der Waals surface area contributed by atoms with Crippen LogP contribution in [0.15, 0.2) is 30.6 Å². The predicted octanol–water partition coefficient (Wildman–Crippen LogP) is 4.50. The van der Waals surface area contributed by atoms with Crippen molar-refractivity contribution in [2.45, 2.75) is 13.8 Å². The first-order chi connectivity index (χ1) is 11.2. The van der Waals surface area contributed by atoms with Gasteiger partial charge in [0.25, 0.3) is 0 Å². The summed E-state index contributed by atoms with van der Waals surface area (Å²) in [5.74, 6) is 1.60. The van der Waals surface area contributed by atoms with Crippen LogP contribution in [0.5, 0.6) is 11.5 Å². The molecule has 0 unspecified atom stereocenters. The number of pyridine rings is 1. The molecule has 2 heterocycles. The van der Waals surface area contributed by atoms with Crippen LogP contribution in [0.2, 0.25) is 0 Å². The van der Waals surface area contributed by atoms with Crippen molar-refractivity contribution in [1.82, 2.24) is 9.97 Å². The van der Waals surface area contributed by atoms with Gasteiger partial charge in [-0.1, -0.05) is 0 Å². The third-order valence-electron chi connectivity index (χ3n) is 4.67. The van der Waals surface area contributed by atoms with E-state index in [4.69, 9.17) is 9.47 Å². The zero-order valence-electron chi connectivity index (χ0n) is 13.7. The average molecular weight is 306 g/mol. The van der Waals surface area contributed by atoms with Crippen molar-refractivity contribution in [3.05, 3.63) is 41.7 Å². The Labute approximate surface area is 134 Å². The summed E-state index contributed by atoms with van der Waals surface area (Å²) in [5, 5.41) is 4.69. The summed E-state index contributed by atoms with van der Waals surface area (Å²) in [7, 11) is 3.36. The predicted molar refractivity (Wildman–Crippen MR) is 93.7 cm³/mol. The van der Waals surface area contributed by atoms with Crippen LogP contribution < -0.4 is 9.47 Å². The number of aryl methyl sites for hydroxylation is 2. The van der Waals surface area contributed by atoms with E-state index in [1.807, 2.05) is 24.5 Å². The van der Waals surface area contributed by atoms with Gasteiger partial charge in [0.15, 0.2) is 0 Å². The summed E-state index contributed by atoms with van der Waals surface area (Å²) in [5.41, 5.74) is 4.59. The first kappa shape index (κ1) is 13.9. The second-order valence-electron chi connectivity index (χ2n) is 5.80. The molecule has 2 aromatic heterocycles. The van der Waals surface area contributed by atoms with Crippen molar-refractivity contribution >= 4 is 32.6 Å². The topological polar surface area (TPSA) is 47.1 Å². The quantitative estimate of drug-likeness (QED) is 0.593. The lowest BCUT2D eigenvalue weighted by molar-refractivity contribution is 0.398. The fourth-order valence-electron chi connectivity index (χ4n) is 3.49. The minimum absolute atomic E-state index is 0.780. The third-order valence-corrected chi connectivity index (χ3v) is 4.67. The summed E-state index contributed by atoms with van der Waals surface area (Å²) in [6.07, 6.45) is 3.78. The highest BCUT2D eigenvalue weighted by molar-refractivity contribution is 6.18. The first-order valence-corrected chi connectivity index (χ1v) is 7.56. The number of aromatic amines is 1. The zero-order valence-corrected chi connectivity index (χ0v) is 13.7. The lowest BCUT2D eigenvalue weighted by atomic mass is 9.97. The van der Waals surface area contributed by atoms with Gasteiger partial charge in [-0.15, -0.1) is 0 Å². The molecule has 4 rings (SSSR count). The van der Waals surface area contributed by atoms with E-state index in [0.29, 0.717) is 0 Å². The molecule has 0 bridgehead atoms. The molecule has 0 aliphatic carbocycles. The molecular weight excluding hydrogens is 288 g/mol. The van der Waals surface area contributed by atoms with Crippen molar-refractivity contribution < 1.29 is 9.47 Å². The lowest BCUT2D eigenvalue weighted by Gasteiger charge is -2.10. The van der Waals surface area contributed by atoms with Crippen molar-refractivity contribution in [2.24, 2.45) is 0 Å². The van der Waals surface area contributed by atoms with Gasteiger partial charge in [-0.2, -0.15) is 0 Å². The number of nitrogens with one attached hydrogen (secondary N) is 1. The zero-order chi connectivity index (χ0) is 16.1. The Bertz CT molecular complexity index is 1060. The summed E-state index contributed by atoms with van der Waals surface area (Å²) >= 11 is 0. The number of nitrogens with zero attached hydrogens (tertiary/aromatic N) is 1. The number of fused-ring (bicyclic) bond motifs is 4. The summed E-state index contributed by atoms with van der Waals surface area (Å²) in [4.78, 5) is 7.84. The van der Waals surface area contributed by atoms with E-state index in [2.05, 4.69) is 29.9 Å². The molecule has 4 nitrogen and oxygen atoms in total. The number of rotatable bonds is 2. The largest absolute Gasteiger partial charge is 0.497 e. The van der Waals surface area contributed by atoms with Gasteiger partial charge >= 0.3 is 0 Å². The van der Waals surface area contributed by atoms with Crippen molar-refractivity contribution in [3.8, 4) is 11.5 Å². The molecule has 0 saturated carbocycles. The van der Waals surface area contributed by atoms with Gasteiger partial charge in [-0.05, 0) is 36.4 Å². The normalized spacial score (nSPS) is 11.5. The highest BCUT2D eigenvalue weighted by Gasteiger charge is 2.17. The Morgan fingerprint density at radius 2 is 1.78 bits per heavy atom. The molecule has 116 valence electrons. The van der Waals surface area contributed by atoms with Crippen LogP contribution in [0.1, 0.15) is 11.1 Å². The number of hydrogen-bond acceptors (Lipinski definition) is 3. The Balaban J connectivity index is 2.29. The molecule has 1 N–H and O–H groups in total. The molecule has 23 heavy (non-hydrogen) atoms. The van der Waals surface area contributed by atoms with Gasteiger partial charge in [0.1, 0.15) is 11.5 Å². The molecule has 0 fully saturated rings. The Hall–Kier alpha value is -2.75. The Kier molecular flexibility index (Phi) is 2.94. The second kappa shape index (κ2) is 4.88. The summed E-state index contributed by atoms with van der Waals surface area (Å²) < 4.78 is 11.0. The Morgan fingerprint density at radius 3 is 2.52 bits per heavy atom. The van der Waals surface area contributed by atoms with Gasteiger partial charge in [0, 0.05) is 40.7 Å². The fraction of sp³-hybridized carbons (Fsp3) is 0.211. The van der Waals surface area contributed by atoms with Gasteiger partial charge in [-0.3, -0.25) is 4.98 Å². The van der Waals surface area contributed by atoms with E-state index in [1.54, 1.807) is 14.2 Å². The van der Waals surface area contributed by atoms with Crippen LogP contribution in [0.25, 0.3) is 32.6 Å². The maximum absolute atomic E-state index is 5.63. The van der Waals surface area contributed by atoms with Crippen LogP contribution in [-0.4, -0.2) is 24.2 Å². The van der Waals surface area contributed by atoms with Crippen LogP contribution >= 0.6 is 0 Å². The smallest absolute Gasteiger partial charge is 0.132 e. The van der Waals surface area contributed by atoms with Crippen LogP contribution in [0.3, 0.4) is 0 Å². The average Bonchev–Trinajstić information content (AvgIpc) is 2.98. The molecule has 0 aliphatic heterocycles. The van der Waals surface area contributed by atoms with Gasteiger partial charge in [0.2, 0.25) is 0 Å². The molecule has 2 aromatic carbocycles. The van der Waals surface area contributed by atoms with Crippen molar-refractivity contribution in [1.29, 1.82) is 0 Å². The molecule has 0 spiro atoms. The fourth-order valence-corrected chi connectivity index (χ4v) is 3.49. The van der Waals surface area contributed by atoms with E-state index in [-0.39, 0.29) is 0 Å².